The molecular formula is C23H18N2. The number of fused-ring (bicyclic) bond motifs is 1. The number of nitrogens with one attached hydrogen (secondary N) is 1. The second-order valence-corrected chi connectivity index (χ2v) is 6.07. The number of nitrogen functional groups attached to an aromatic ring is 1. The number of benzene rings is 4. The minimum atomic E-state index is 0.445. The van der Waals surface area contributed by atoms with Crippen LogP contribution in [0.4, 0.5) is 5.69 Å². The number of hydrogen-bond donors (Lipinski definition) is 2. The van der Waals surface area contributed by atoms with E-state index in [0.717, 1.165) is 33.0 Å². The van der Waals surface area contributed by atoms with Gasteiger partial charge in [-0.05, 0) is 22.6 Å². The predicted octanol–water partition coefficient (Wildman–Crippen LogP) is 5.51. The first-order valence-electron chi connectivity index (χ1n) is 8.26. The molecule has 0 radical (unpaired) electrons. The van der Waals surface area contributed by atoms with E-state index in [2.05, 4.69) is 18.2 Å². The maximum Gasteiger partial charge on any atom is 0.0705 e. The zero-order valence-electron chi connectivity index (χ0n) is 13.7. The van der Waals surface area contributed by atoms with E-state index < -0.39 is 0 Å². The van der Waals surface area contributed by atoms with E-state index in [1.54, 1.807) is 0 Å². The maximum atomic E-state index is 8.67. The second-order valence-electron chi connectivity index (χ2n) is 6.07. The summed E-state index contributed by atoms with van der Waals surface area (Å²) < 4.78 is 0. The third-order valence-corrected chi connectivity index (χ3v) is 4.50. The van der Waals surface area contributed by atoms with Crippen LogP contribution in [0.1, 0.15) is 11.1 Å². The summed E-state index contributed by atoms with van der Waals surface area (Å²) in [6, 6.07) is 30.2. The Kier molecular flexibility index (Phi) is 3.79. The smallest absolute Gasteiger partial charge is 0.0705 e. The Labute approximate surface area is 147 Å². The van der Waals surface area contributed by atoms with Gasteiger partial charge in [-0.3, -0.25) is 5.41 Å². The molecule has 2 heteroatoms. The van der Waals surface area contributed by atoms with Crippen molar-refractivity contribution in [3.63, 3.8) is 0 Å². The van der Waals surface area contributed by atoms with Crippen molar-refractivity contribution in [3.05, 3.63) is 102 Å². The highest BCUT2D eigenvalue weighted by atomic mass is 14.6. The summed E-state index contributed by atoms with van der Waals surface area (Å²) >= 11 is 0. The Morgan fingerprint density at radius 2 is 1.40 bits per heavy atom. The van der Waals surface area contributed by atoms with Crippen LogP contribution in [0, 0.1) is 5.41 Å². The lowest BCUT2D eigenvalue weighted by Gasteiger charge is -2.12. The van der Waals surface area contributed by atoms with Crippen LogP contribution < -0.4 is 5.73 Å². The first-order chi connectivity index (χ1) is 12.2. The lowest BCUT2D eigenvalue weighted by Crippen LogP contribution is -2.06. The molecule has 0 aromatic heterocycles. The molecule has 0 aliphatic heterocycles. The fourth-order valence-electron chi connectivity index (χ4n) is 3.15. The molecule has 0 unspecified atom stereocenters. The van der Waals surface area contributed by atoms with Crippen LogP contribution in [0.25, 0.3) is 21.9 Å². The number of anilines is 1. The molecule has 0 amide bonds. The van der Waals surface area contributed by atoms with Crippen molar-refractivity contribution in [2.24, 2.45) is 0 Å². The van der Waals surface area contributed by atoms with Crippen LogP contribution >= 0.6 is 0 Å². The number of rotatable bonds is 3. The average molecular weight is 322 g/mol. The van der Waals surface area contributed by atoms with E-state index in [4.69, 9.17) is 11.1 Å². The number of nitrogens with two attached hydrogens (primary N) is 1. The Bertz CT molecular complexity index is 1070. The van der Waals surface area contributed by atoms with Gasteiger partial charge in [0.1, 0.15) is 0 Å². The number of hydrogen-bond acceptors (Lipinski definition) is 2. The monoisotopic (exact) mass is 322 g/mol. The van der Waals surface area contributed by atoms with Crippen molar-refractivity contribution >= 4 is 22.2 Å². The van der Waals surface area contributed by atoms with E-state index >= 15 is 0 Å². The summed E-state index contributed by atoms with van der Waals surface area (Å²) in [4.78, 5) is 0. The van der Waals surface area contributed by atoms with Gasteiger partial charge in [0.15, 0.2) is 0 Å². The fraction of sp³-hybridized carbons (Fsp3) is 0. The highest BCUT2D eigenvalue weighted by Gasteiger charge is 2.11. The van der Waals surface area contributed by atoms with E-state index in [-0.39, 0.29) is 0 Å². The van der Waals surface area contributed by atoms with E-state index in [0.29, 0.717) is 11.4 Å². The minimum absolute atomic E-state index is 0.445. The fourth-order valence-corrected chi connectivity index (χ4v) is 3.15. The van der Waals surface area contributed by atoms with Crippen LogP contribution in [0.15, 0.2) is 91.0 Å². The van der Waals surface area contributed by atoms with Gasteiger partial charge in [0.2, 0.25) is 0 Å². The molecule has 0 saturated heterocycles. The summed E-state index contributed by atoms with van der Waals surface area (Å²) in [5.74, 6) is 0. The Morgan fingerprint density at radius 1 is 0.680 bits per heavy atom. The molecule has 25 heavy (non-hydrogen) atoms. The standard InChI is InChI=1S/C23H18N2/c24-22(21-14-13-17-9-4-5-12-20(17)23(21)25)19-11-6-10-18(15-19)16-7-2-1-3-8-16/h1-15,24H,25H2. The lowest BCUT2D eigenvalue weighted by molar-refractivity contribution is 1.46. The van der Waals surface area contributed by atoms with E-state index in [1.165, 1.54) is 0 Å². The van der Waals surface area contributed by atoms with Crippen LogP contribution in [-0.2, 0) is 0 Å². The summed E-state index contributed by atoms with van der Waals surface area (Å²) in [6.45, 7) is 0. The normalized spacial score (nSPS) is 10.7. The molecule has 0 aliphatic rings. The summed E-state index contributed by atoms with van der Waals surface area (Å²) in [7, 11) is 0. The van der Waals surface area contributed by atoms with Crippen LogP contribution in [0.2, 0.25) is 0 Å². The molecule has 2 nitrogen and oxygen atoms in total. The average Bonchev–Trinajstić information content (AvgIpc) is 2.69. The van der Waals surface area contributed by atoms with E-state index in [9.17, 15) is 0 Å². The van der Waals surface area contributed by atoms with E-state index in [1.807, 2.05) is 72.8 Å². The van der Waals surface area contributed by atoms with Crippen molar-refractivity contribution in [1.29, 1.82) is 5.41 Å². The van der Waals surface area contributed by atoms with Gasteiger partial charge in [0.05, 0.1) is 5.71 Å². The van der Waals surface area contributed by atoms with Crippen molar-refractivity contribution in [2.75, 3.05) is 5.73 Å². The molecule has 0 fully saturated rings. The van der Waals surface area contributed by atoms with Gasteiger partial charge < -0.3 is 5.73 Å². The summed E-state index contributed by atoms with van der Waals surface area (Å²) in [6.07, 6.45) is 0. The molecule has 0 heterocycles. The zero-order chi connectivity index (χ0) is 17.2. The molecule has 0 saturated carbocycles. The molecule has 4 rings (SSSR count). The highest BCUT2D eigenvalue weighted by molar-refractivity contribution is 6.17. The first-order valence-corrected chi connectivity index (χ1v) is 8.26. The molecule has 0 aliphatic carbocycles. The predicted molar refractivity (Wildman–Crippen MR) is 106 cm³/mol. The molecule has 4 aromatic carbocycles. The van der Waals surface area contributed by atoms with Gasteiger partial charge in [0, 0.05) is 22.2 Å². The third kappa shape index (κ3) is 2.79. The zero-order valence-corrected chi connectivity index (χ0v) is 13.7. The van der Waals surface area contributed by atoms with Crippen LogP contribution in [0.3, 0.4) is 0 Å². The van der Waals surface area contributed by atoms with Gasteiger partial charge >= 0.3 is 0 Å². The second kappa shape index (κ2) is 6.25. The molecule has 120 valence electrons. The third-order valence-electron chi connectivity index (χ3n) is 4.50. The topological polar surface area (TPSA) is 49.9 Å². The highest BCUT2D eigenvalue weighted by Crippen LogP contribution is 2.28. The van der Waals surface area contributed by atoms with Crippen LogP contribution in [0.5, 0.6) is 0 Å². The SMILES string of the molecule is N=C(c1cccc(-c2ccccc2)c1)c1ccc2ccccc2c1N. The van der Waals surface area contributed by atoms with Crippen LogP contribution in [-0.4, -0.2) is 5.71 Å². The largest absolute Gasteiger partial charge is 0.398 e. The van der Waals surface area contributed by atoms with Gasteiger partial charge in [-0.1, -0.05) is 84.9 Å². The van der Waals surface area contributed by atoms with Gasteiger partial charge in [-0.2, -0.15) is 0 Å². The molecule has 4 aromatic rings. The maximum absolute atomic E-state index is 8.67. The molecule has 0 atom stereocenters. The summed E-state index contributed by atoms with van der Waals surface area (Å²) in [5, 5.41) is 10.7. The van der Waals surface area contributed by atoms with Crippen molar-refractivity contribution in [3.8, 4) is 11.1 Å². The first kappa shape index (κ1) is 15.2. The summed E-state index contributed by atoms with van der Waals surface area (Å²) in [5.41, 5.74) is 11.3. The quantitative estimate of drug-likeness (QED) is 0.379. The Balaban J connectivity index is 1.78. The van der Waals surface area contributed by atoms with Crippen molar-refractivity contribution < 1.29 is 0 Å². The lowest BCUT2D eigenvalue weighted by atomic mass is 9.95. The van der Waals surface area contributed by atoms with Crippen molar-refractivity contribution in [2.45, 2.75) is 0 Å². The molecule has 0 bridgehead atoms. The van der Waals surface area contributed by atoms with Gasteiger partial charge in [-0.15, -0.1) is 0 Å². The van der Waals surface area contributed by atoms with Crippen molar-refractivity contribution in [1.82, 2.24) is 0 Å². The Morgan fingerprint density at radius 3 is 2.24 bits per heavy atom. The minimum Gasteiger partial charge on any atom is -0.398 e. The molecule has 3 N–H and O–H groups in total. The molecule has 0 spiro atoms. The van der Waals surface area contributed by atoms with Gasteiger partial charge in [-0.25, -0.2) is 0 Å². The molecular weight excluding hydrogens is 304 g/mol. The van der Waals surface area contributed by atoms with Gasteiger partial charge in [0.25, 0.3) is 0 Å². The Hall–Kier alpha value is -3.39.